The maximum absolute atomic E-state index is 11.5. The Bertz CT molecular complexity index is 457. The summed E-state index contributed by atoms with van der Waals surface area (Å²) in [5.74, 6) is -1.14. The molecule has 1 rings (SSSR count). The van der Waals surface area contributed by atoms with Crippen LogP contribution in [-0.4, -0.2) is 29.6 Å². The van der Waals surface area contributed by atoms with Crippen LogP contribution in [0, 0.1) is 0 Å². The number of hydrogen-bond donors (Lipinski definition) is 3. The molecule has 0 bridgehead atoms. The van der Waals surface area contributed by atoms with Crippen molar-refractivity contribution in [2.45, 2.75) is 25.3 Å². The lowest BCUT2D eigenvalue weighted by atomic mass is 10.1. The molecule has 0 spiro atoms. The monoisotopic (exact) mass is 276 g/mol. The summed E-state index contributed by atoms with van der Waals surface area (Å²) in [5, 5.41) is 11.3. The molecule has 0 aromatic heterocycles. The first-order valence-corrected chi connectivity index (χ1v) is 6.59. The second kappa shape index (κ2) is 8.87. The number of nitrogens with two attached hydrogens (primary N) is 1. The van der Waals surface area contributed by atoms with Gasteiger partial charge in [-0.15, -0.1) is 0 Å². The van der Waals surface area contributed by atoms with Gasteiger partial charge in [0.2, 0.25) is 5.91 Å². The molecule has 1 atom stereocenters. The molecule has 0 aliphatic heterocycles. The van der Waals surface area contributed by atoms with E-state index in [9.17, 15) is 9.59 Å². The van der Waals surface area contributed by atoms with E-state index in [-0.39, 0.29) is 5.91 Å². The first-order chi connectivity index (χ1) is 9.59. The van der Waals surface area contributed by atoms with Gasteiger partial charge in [0.15, 0.2) is 0 Å². The minimum atomic E-state index is -0.986. The Morgan fingerprint density at radius 2 is 1.95 bits per heavy atom. The van der Waals surface area contributed by atoms with E-state index in [1.54, 1.807) is 6.08 Å². The third-order valence-electron chi connectivity index (χ3n) is 2.79. The molecule has 0 unspecified atom stereocenters. The molecule has 0 aliphatic carbocycles. The number of carboxylic acids is 1. The van der Waals surface area contributed by atoms with Crippen molar-refractivity contribution in [3.8, 4) is 0 Å². The van der Waals surface area contributed by atoms with E-state index in [1.165, 1.54) is 6.08 Å². The van der Waals surface area contributed by atoms with Crippen LogP contribution in [0.3, 0.4) is 0 Å². The molecule has 5 heteroatoms. The molecular weight excluding hydrogens is 256 g/mol. The summed E-state index contributed by atoms with van der Waals surface area (Å²) >= 11 is 0. The molecule has 0 heterocycles. The fourth-order valence-corrected chi connectivity index (χ4v) is 1.62. The van der Waals surface area contributed by atoms with E-state index >= 15 is 0 Å². The normalized spacial score (nSPS) is 12.2. The number of carboxylic acid groups (broad SMARTS) is 1. The Morgan fingerprint density at radius 1 is 1.25 bits per heavy atom. The van der Waals surface area contributed by atoms with E-state index < -0.39 is 12.0 Å². The van der Waals surface area contributed by atoms with Gasteiger partial charge in [-0.05, 0) is 30.9 Å². The van der Waals surface area contributed by atoms with Gasteiger partial charge in [0.25, 0.3) is 0 Å². The quantitative estimate of drug-likeness (QED) is 0.494. The number of hydrogen-bond acceptors (Lipinski definition) is 3. The second-order valence-electron chi connectivity index (χ2n) is 4.48. The van der Waals surface area contributed by atoms with Crippen molar-refractivity contribution in [2.75, 3.05) is 6.54 Å². The molecule has 5 nitrogen and oxygen atoms in total. The highest BCUT2D eigenvalue weighted by Crippen LogP contribution is 2.01. The van der Waals surface area contributed by atoms with Crippen LogP contribution in [0.5, 0.6) is 0 Å². The SMILES string of the molecule is N[C@@H](CCCCNC(=O)/C=C/c1ccccc1)C(=O)O. The zero-order valence-electron chi connectivity index (χ0n) is 11.3. The number of carbonyl (C=O) groups is 2. The first kappa shape index (κ1) is 15.9. The third kappa shape index (κ3) is 6.70. The van der Waals surface area contributed by atoms with E-state index in [2.05, 4.69) is 5.32 Å². The summed E-state index contributed by atoms with van der Waals surface area (Å²) in [4.78, 5) is 22.0. The average Bonchev–Trinajstić information content (AvgIpc) is 2.45. The highest BCUT2D eigenvalue weighted by Gasteiger charge is 2.09. The second-order valence-corrected chi connectivity index (χ2v) is 4.48. The molecule has 1 aromatic rings. The molecule has 4 N–H and O–H groups in total. The van der Waals surface area contributed by atoms with Gasteiger partial charge in [0, 0.05) is 12.6 Å². The lowest BCUT2D eigenvalue weighted by molar-refractivity contribution is -0.138. The summed E-state index contributed by atoms with van der Waals surface area (Å²) in [6.45, 7) is 0.518. The number of amides is 1. The van der Waals surface area contributed by atoms with Crippen LogP contribution < -0.4 is 11.1 Å². The molecule has 0 fully saturated rings. The zero-order chi connectivity index (χ0) is 14.8. The van der Waals surface area contributed by atoms with Gasteiger partial charge in [-0.1, -0.05) is 30.3 Å². The number of benzene rings is 1. The van der Waals surface area contributed by atoms with Crippen molar-refractivity contribution < 1.29 is 14.7 Å². The topological polar surface area (TPSA) is 92.4 Å². The standard InChI is InChI=1S/C15H20N2O3/c16-13(15(19)20)8-4-5-11-17-14(18)10-9-12-6-2-1-3-7-12/h1-3,6-7,9-10,13H,4-5,8,11,16H2,(H,17,18)(H,19,20)/b10-9+/t13-/m0/s1. The van der Waals surface area contributed by atoms with Crippen molar-refractivity contribution in [3.05, 3.63) is 42.0 Å². The predicted molar refractivity (Wildman–Crippen MR) is 77.9 cm³/mol. The minimum Gasteiger partial charge on any atom is -0.480 e. The molecule has 0 saturated carbocycles. The van der Waals surface area contributed by atoms with Gasteiger partial charge in [0.05, 0.1) is 0 Å². The Balaban J connectivity index is 2.15. The minimum absolute atomic E-state index is 0.156. The highest BCUT2D eigenvalue weighted by atomic mass is 16.4. The number of rotatable bonds is 8. The maximum Gasteiger partial charge on any atom is 0.320 e. The summed E-state index contributed by atoms with van der Waals surface area (Å²) in [7, 11) is 0. The molecule has 0 saturated heterocycles. The van der Waals surface area contributed by atoms with Crippen molar-refractivity contribution in [3.63, 3.8) is 0 Å². The van der Waals surface area contributed by atoms with Crippen LogP contribution in [0.15, 0.2) is 36.4 Å². The van der Waals surface area contributed by atoms with Crippen LogP contribution in [0.4, 0.5) is 0 Å². The van der Waals surface area contributed by atoms with Crippen molar-refractivity contribution >= 4 is 18.0 Å². The van der Waals surface area contributed by atoms with Crippen LogP contribution in [0.1, 0.15) is 24.8 Å². The number of nitrogens with one attached hydrogen (secondary N) is 1. The summed E-state index contributed by atoms with van der Waals surface area (Å²) in [5.41, 5.74) is 6.34. The lowest BCUT2D eigenvalue weighted by Crippen LogP contribution is -2.30. The third-order valence-corrected chi connectivity index (χ3v) is 2.79. The Morgan fingerprint density at radius 3 is 2.60 bits per heavy atom. The van der Waals surface area contributed by atoms with Gasteiger partial charge in [0.1, 0.15) is 6.04 Å². The predicted octanol–water partition coefficient (Wildman–Crippen LogP) is 1.40. The van der Waals surface area contributed by atoms with E-state index in [1.807, 2.05) is 30.3 Å². The molecule has 108 valence electrons. The average molecular weight is 276 g/mol. The summed E-state index contributed by atoms with van der Waals surface area (Å²) in [6, 6.07) is 8.74. The Labute approximate surface area is 118 Å². The summed E-state index contributed by atoms with van der Waals surface area (Å²) in [6.07, 6.45) is 5.04. The molecule has 20 heavy (non-hydrogen) atoms. The largest absolute Gasteiger partial charge is 0.480 e. The number of aliphatic carboxylic acids is 1. The van der Waals surface area contributed by atoms with Crippen molar-refractivity contribution in [1.29, 1.82) is 0 Å². The first-order valence-electron chi connectivity index (χ1n) is 6.59. The van der Waals surface area contributed by atoms with Crippen LogP contribution in [0.25, 0.3) is 6.08 Å². The van der Waals surface area contributed by atoms with Crippen molar-refractivity contribution in [1.82, 2.24) is 5.32 Å². The lowest BCUT2D eigenvalue weighted by Gasteiger charge is -2.06. The fourth-order valence-electron chi connectivity index (χ4n) is 1.62. The van der Waals surface area contributed by atoms with Crippen molar-refractivity contribution in [2.24, 2.45) is 5.73 Å². The van der Waals surface area contributed by atoms with Gasteiger partial charge in [-0.25, -0.2) is 0 Å². The molecule has 0 aliphatic rings. The Hall–Kier alpha value is -2.14. The smallest absolute Gasteiger partial charge is 0.320 e. The van der Waals surface area contributed by atoms with Gasteiger partial charge >= 0.3 is 5.97 Å². The van der Waals surface area contributed by atoms with E-state index in [0.717, 1.165) is 5.56 Å². The van der Waals surface area contributed by atoms with Crippen LogP contribution >= 0.6 is 0 Å². The number of carbonyl (C=O) groups excluding carboxylic acids is 1. The molecule has 1 aromatic carbocycles. The maximum atomic E-state index is 11.5. The van der Waals surface area contributed by atoms with Crippen LogP contribution in [0.2, 0.25) is 0 Å². The number of unbranched alkanes of at least 4 members (excludes halogenated alkanes) is 1. The molecule has 1 amide bonds. The highest BCUT2D eigenvalue weighted by molar-refractivity contribution is 5.91. The Kier molecular flexibility index (Phi) is 7.06. The van der Waals surface area contributed by atoms with Crippen LogP contribution in [-0.2, 0) is 9.59 Å². The molecular formula is C15H20N2O3. The summed E-state index contributed by atoms with van der Waals surface area (Å²) < 4.78 is 0. The molecule has 0 radical (unpaired) electrons. The zero-order valence-corrected chi connectivity index (χ0v) is 11.3. The van der Waals surface area contributed by atoms with Gasteiger partial charge in [-0.3, -0.25) is 9.59 Å². The fraction of sp³-hybridized carbons (Fsp3) is 0.333. The van der Waals surface area contributed by atoms with Gasteiger partial charge < -0.3 is 16.2 Å². The van der Waals surface area contributed by atoms with Gasteiger partial charge in [-0.2, -0.15) is 0 Å². The van der Waals surface area contributed by atoms with E-state index in [4.69, 9.17) is 10.8 Å². The van der Waals surface area contributed by atoms with E-state index in [0.29, 0.717) is 25.8 Å².